The van der Waals surface area contributed by atoms with Gasteiger partial charge in [-0.25, -0.2) is 0 Å². The third-order valence-electron chi connectivity index (χ3n) is 5.58. The molecule has 3 aromatic rings. The van der Waals surface area contributed by atoms with Crippen LogP contribution in [-0.4, -0.2) is 23.2 Å². The van der Waals surface area contributed by atoms with Gasteiger partial charge in [-0.2, -0.15) is 0 Å². The predicted molar refractivity (Wildman–Crippen MR) is 118 cm³/mol. The second-order valence-corrected chi connectivity index (χ2v) is 7.57. The van der Waals surface area contributed by atoms with E-state index in [-0.39, 0.29) is 11.9 Å². The van der Waals surface area contributed by atoms with Gasteiger partial charge in [-0.15, -0.1) is 0 Å². The quantitative estimate of drug-likeness (QED) is 0.574. The van der Waals surface area contributed by atoms with Crippen molar-refractivity contribution in [3.05, 3.63) is 108 Å². The molecule has 0 radical (unpaired) electrons. The summed E-state index contributed by atoms with van der Waals surface area (Å²) in [5, 5.41) is 14.4. The zero-order chi connectivity index (χ0) is 20.7. The fraction of sp³-hybridized carbons (Fsp3) is 0.269. The highest BCUT2D eigenvalue weighted by Crippen LogP contribution is 2.41. The zero-order valence-electron chi connectivity index (χ0n) is 17.1. The van der Waals surface area contributed by atoms with Crippen LogP contribution in [0.5, 0.6) is 0 Å². The van der Waals surface area contributed by atoms with Crippen LogP contribution in [0.2, 0.25) is 0 Å². The van der Waals surface area contributed by atoms with E-state index in [4.69, 9.17) is 0 Å². The summed E-state index contributed by atoms with van der Waals surface area (Å²) in [6.07, 6.45) is 0.626. The second kappa shape index (κ2) is 9.53. The van der Waals surface area contributed by atoms with E-state index in [0.29, 0.717) is 18.4 Å². The van der Waals surface area contributed by atoms with Crippen LogP contribution in [0.4, 0.5) is 0 Å². The number of benzene rings is 3. The van der Waals surface area contributed by atoms with Crippen molar-refractivity contribution in [2.24, 2.45) is 0 Å². The molecule has 1 amide bonds. The Morgan fingerprint density at radius 1 is 0.862 bits per heavy atom. The molecule has 0 fully saturated rings. The number of rotatable bonds is 8. The minimum atomic E-state index is -0.610. The number of amides is 1. The first kappa shape index (κ1) is 20.8. The summed E-state index contributed by atoms with van der Waals surface area (Å²) >= 11 is 0. The van der Waals surface area contributed by atoms with Crippen molar-refractivity contribution in [2.45, 2.75) is 44.2 Å². The average Bonchev–Trinajstić information content (AvgIpc) is 2.78. The van der Waals surface area contributed by atoms with Gasteiger partial charge in [0.2, 0.25) is 0 Å². The SMILES string of the molecule is CC[C@H](O)C(C[C@@H](C)NC(=O)c1ccccc1)(c1ccccc1)c1ccccc1. The molecule has 0 unspecified atom stereocenters. The van der Waals surface area contributed by atoms with Crippen molar-refractivity contribution in [1.29, 1.82) is 0 Å². The normalized spacial score (nSPS) is 13.5. The van der Waals surface area contributed by atoms with Gasteiger partial charge in [0.15, 0.2) is 0 Å². The topological polar surface area (TPSA) is 49.3 Å². The summed E-state index contributed by atoms with van der Waals surface area (Å²) in [4.78, 5) is 12.7. The van der Waals surface area contributed by atoms with E-state index in [1.54, 1.807) is 0 Å². The van der Waals surface area contributed by atoms with Gasteiger partial charge in [0.05, 0.1) is 6.10 Å². The summed E-state index contributed by atoms with van der Waals surface area (Å²) < 4.78 is 0. The number of hydrogen-bond donors (Lipinski definition) is 2. The molecule has 3 nitrogen and oxygen atoms in total. The second-order valence-electron chi connectivity index (χ2n) is 7.57. The molecule has 0 saturated carbocycles. The van der Waals surface area contributed by atoms with E-state index in [1.165, 1.54) is 0 Å². The van der Waals surface area contributed by atoms with Gasteiger partial charge < -0.3 is 10.4 Å². The Kier molecular flexibility index (Phi) is 6.84. The Bertz CT molecular complexity index is 854. The summed E-state index contributed by atoms with van der Waals surface area (Å²) in [5.41, 5.74) is 2.14. The molecule has 3 heteroatoms. The van der Waals surface area contributed by atoms with Crippen molar-refractivity contribution >= 4 is 5.91 Å². The van der Waals surface area contributed by atoms with E-state index >= 15 is 0 Å². The highest BCUT2D eigenvalue weighted by Gasteiger charge is 2.41. The number of nitrogens with one attached hydrogen (secondary N) is 1. The molecule has 0 bridgehead atoms. The van der Waals surface area contributed by atoms with Gasteiger partial charge in [-0.3, -0.25) is 4.79 Å². The molecule has 0 heterocycles. The standard InChI is InChI=1S/C26H29NO2/c1-3-24(28)26(22-15-9-5-10-16-22,23-17-11-6-12-18-23)19-20(2)27-25(29)21-13-7-4-8-14-21/h4-18,20,24,28H,3,19H2,1-2H3,(H,27,29)/t20-,24+/m1/s1. The molecule has 3 rings (SSSR count). The molecule has 0 aromatic heterocycles. The van der Waals surface area contributed by atoms with Crippen molar-refractivity contribution in [3.63, 3.8) is 0 Å². The first-order valence-corrected chi connectivity index (χ1v) is 10.2. The number of carbonyl (C=O) groups is 1. The highest BCUT2D eigenvalue weighted by molar-refractivity contribution is 5.94. The smallest absolute Gasteiger partial charge is 0.251 e. The van der Waals surface area contributed by atoms with Gasteiger partial charge >= 0.3 is 0 Å². The van der Waals surface area contributed by atoms with Crippen LogP contribution in [0, 0.1) is 0 Å². The monoisotopic (exact) mass is 387 g/mol. The van der Waals surface area contributed by atoms with Crippen molar-refractivity contribution < 1.29 is 9.90 Å². The van der Waals surface area contributed by atoms with Crippen LogP contribution in [0.3, 0.4) is 0 Å². The summed E-state index contributed by atoms with van der Waals surface area (Å²) in [6.45, 7) is 4.00. The van der Waals surface area contributed by atoms with Gasteiger partial charge in [-0.05, 0) is 43.0 Å². The molecule has 2 atom stereocenters. The highest BCUT2D eigenvalue weighted by atomic mass is 16.3. The molecule has 29 heavy (non-hydrogen) atoms. The predicted octanol–water partition coefficient (Wildman–Crippen LogP) is 4.95. The Morgan fingerprint density at radius 3 is 1.76 bits per heavy atom. The summed E-state index contributed by atoms with van der Waals surface area (Å²) in [6, 6.07) is 29.3. The Morgan fingerprint density at radius 2 is 1.31 bits per heavy atom. The lowest BCUT2D eigenvalue weighted by atomic mass is 9.66. The molecule has 0 aliphatic rings. The van der Waals surface area contributed by atoms with Gasteiger partial charge in [0.25, 0.3) is 5.91 Å². The lowest BCUT2D eigenvalue weighted by Crippen LogP contribution is -2.46. The minimum Gasteiger partial charge on any atom is -0.392 e. The molecule has 0 aliphatic heterocycles. The fourth-order valence-electron chi connectivity index (χ4n) is 4.17. The van der Waals surface area contributed by atoms with Crippen LogP contribution >= 0.6 is 0 Å². The van der Waals surface area contributed by atoms with E-state index in [9.17, 15) is 9.90 Å². The lowest BCUT2D eigenvalue weighted by molar-refractivity contribution is 0.0804. The largest absolute Gasteiger partial charge is 0.392 e. The van der Waals surface area contributed by atoms with Crippen molar-refractivity contribution in [2.75, 3.05) is 0 Å². The van der Waals surface area contributed by atoms with Crippen molar-refractivity contribution in [3.8, 4) is 0 Å². The van der Waals surface area contributed by atoms with Crippen LogP contribution in [0.25, 0.3) is 0 Å². The maximum Gasteiger partial charge on any atom is 0.251 e. The number of aliphatic hydroxyl groups excluding tert-OH is 1. The van der Waals surface area contributed by atoms with E-state index in [0.717, 1.165) is 11.1 Å². The first-order chi connectivity index (χ1) is 14.1. The average molecular weight is 388 g/mol. The van der Waals surface area contributed by atoms with Crippen molar-refractivity contribution in [1.82, 2.24) is 5.32 Å². The Balaban J connectivity index is 1.98. The summed E-state index contributed by atoms with van der Waals surface area (Å²) in [5.74, 6) is -0.0980. The van der Waals surface area contributed by atoms with Crippen LogP contribution < -0.4 is 5.32 Å². The molecule has 0 spiro atoms. The number of aliphatic hydroxyl groups is 1. The molecule has 3 aromatic carbocycles. The van der Waals surface area contributed by atoms with Crippen LogP contribution in [0.15, 0.2) is 91.0 Å². The molecular formula is C26H29NO2. The van der Waals surface area contributed by atoms with E-state index in [2.05, 4.69) is 29.6 Å². The third-order valence-corrected chi connectivity index (χ3v) is 5.58. The Labute approximate surface area is 173 Å². The molecule has 0 aliphatic carbocycles. The molecular weight excluding hydrogens is 358 g/mol. The lowest BCUT2D eigenvalue weighted by Gasteiger charge is -2.41. The maximum absolute atomic E-state index is 12.7. The molecule has 150 valence electrons. The van der Waals surface area contributed by atoms with Crippen LogP contribution in [-0.2, 0) is 5.41 Å². The van der Waals surface area contributed by atoms with Gasteiger partial charge in [0, 0.05) is 17.0 Å². The first-order valence-electron chi connectivity index (χ1n) is 10.2. The van der Waals surface area contributed by atoms with Crippen LogP contribution in [0.1, 0.15) is 48.2 Å². The number of carbonyl (C=O) groups excluding carboxylic acids is 1. The Hall–Kier alpha value is -2.91. The zero-order valence-corrected chi connectivity index (χ0v) is 17.1. The maximum atomic E-state index is 12.7. The van der Waals surface area contributed by atoms with Gasteiger partial charge in [-0.1, -0.05) is 85.8 Å². The number of hydrogen-bond acceptors (Lipinski definition) is 2. The van der Waals surface area contributed by atoms with E-state index < -0.39 is 11.5 Å². The van der Waals surface area contributed by atoms with Gasteiger partial charge in [0.1, 0.15) is 0 Å². The van der Waals surface area contributed by atoms with E-state index in [1.807, 2.05) is 80.6 Å². The third kappa shape index (κ3) is 4.57. The minimum absolute atomic E-state index is 0.0980. The molecule has 0 saturated heterocycles. The fourth-order valence-corrected chi connectivity index (χ4v) is 4.17. The molecule has 2 N–H and O–H groups in total. The summed E-state index contributed by atoms with van der Waals surface area (Å²) in [7, 11) is 0.